The number of carbonyl (C=O) groups is 1. The summed E-state index contributed by atoms with van der Waals surface area (Å²) >= 11 is 0. The molecule has 2 rings (SSSR count). The lowest BCUT2D eigenvalue weighted by Gasteiger charge is -2.22. The van der Waals surface area contributed by atoms with Crippen LogP contribution in [0.2, 0.25) is 0 Å². The zero-order chi connectivity index (χ0) is 15.2. The first-order chi connectivity index (χ1) is 10.2. The molecule has 21 heavy (non-hydrogen) atoms. The lowest BCUT2D eigenvalue weighted by molar-refractivity contribution is 0.0747. The second-order valence-corrected chi connectivity index (χ2v) is 5.93. The van der Waals surface area contributed by atoms with E-state index in [0.29, 0.717) is 0 Å². The Labute approximate surface area is 127 Å². The second-order valence-electron chi connectivity index (χ2n) is 5.93. The Morgan fingerprint density at radius 3 is 2.67 bits per heavy atom. The van der Waals surface area contributed by atoms with Crippen molar-refractivity contribution < 1.29 is 4.79 Å². The largest absolute Gasteiger partial charge is 0.373 e. The van der Waals surface area contributed by atoms with E-state index < -0.39 is 0 Å². The molecule has 1 aliphatic rings. The van der Waals surface area contributed by atoms with Gasteiger partial charge in [-0.25, -0.2) is 4.98 Å². The van der Waals surface area contributed by atoms with Crippen LogP contribution in [0.25, 0.3) is 0 Å². The molecule has 1 N–H and O–H groups in total. The number of carbonyl (C=O) groups excluding carboxylic acids is 1. The molecule has 4 nitrogen and oxygen atoms in total. The molecule has 1 aromatic heterocycles. The number of rotatable bonds is 8. The number of anilines is 1. The molecule has 1 fully saturated rings. The Bertz CT molecular complexity index is 483. The van der Waals surface area contributed by atoms with Gasteiger partial charge in [0.05, 0.1) is 0 Å². The van der Waals surface area contributed by atoms with E-state index >= 15 is 0 Å². The van der Waals surface area contributed by atoms with Gasteiger partial charge in [-0.15, -0.1) is 0 Å². The summed E-state index contributed by atoms with van der Waals surface area (Å²) in [7, 11) is 1.85. The van der Waals surface area contributed by atoms with Crippen LogP contribution < -0.4 is 5.32 Å². The van der Waals surface area contributed by atoms with Crippen LogP contribution in [0.3, 0.4) is 0 Å². The number of pyridine rings is 1. The van der Waals surface area contributed by atoms with Crippen molar-refractivity contribution in [2.45, 2.75) is 46.0 Å². The smallest absolute Gasteiger partial charge is 0.254 e. The summed E-state index contributed by atoms with van der Waals surface area (Å²) in [5.74, 6) is 1.66. The number of amides is 1. The van der Waals surface area contributed by atoms with Gasteiger partial charge in [-0.05, 0) is 43.7 Å². The number of nitrogens with zero attached hydrogens (tertiary/aromatic N) is 2. The highest BCUT2D eigenvalue weighted by Gasteiger charge is 2.27. The van der Waals surface area contributed by atoms with Crippen molar-refractivity contribution in [2.24, 2.45) is 5.92 Å². The highest BCUT2D eigenvalue weighted by molar-refractivity contribution is 5.95. The quantitative estimate of drug-likeness (QED) is 0.798. The van der Waals surface area contributed by atoms with Gasteiger partial charge in [0.15, 0.2) is 0 Å². The monoisotopic (exact) mass is 289 g/mol. The number of nitrogens with one attached hydrogen (secondary N) is 1. The molecule has 0 saturated heterocycles. The van der Waals surface area contributed by atoms with Gasteiger partial charge < -0.3 is 10.2 Å². The fraction of sp³-hybridized carbons (Fsp3) is 0.647. The standard InChI is InChI=1S/C17H27N3O/c1-4-6-15-10-14(11-16(18-3)19-15)17(21)20(9-5-2)12-13-7-8-13/h10-11,13H,4-9,12H2,1-3H3,(H,18,19). The summed E-state index contributed by atoms with van der Waals surface area (Å²) in [4.78, 5) is 19.3. The molecule has 0 aliphatic heterocycles. The summed E-state index contributed by atoms with van der Waals surface area (Å²) in [5.41, 5.74) is 1.77. The Morgan fingerprint density at radius 2 is 2.10 bits per heavy atom. The average molecular weight is 289 g/mol. The molecular weight excluding hydrogens is 262 g/mol. The SMILES string of the molecule is CCCc1cc(C(=O)N(CCC)CC2CC2)cc(NC)n1. The topological polar surface area (TPSA) is 45.2 Å². The number of aryl methyl sites for hydroxylation is 1. The molecule has 1 amide bonds. The van der Waals surface area contributed by atoms with Crippen LogP contribution in [-0.2, 0) is 6.42 Å². The second kappa shape index (κ2) is 7.43. The summed E-state index contributed by atoms with van der Waals surface area (Å²) in [6.07, 6.45) is 5.49. The third kappa shape index (κ3) is 4.45. The summed E-state index contributed by atoms with van der Waals surface area (Å²) < 4.78 is 0. The molecule has 0 atom stereocenters. The lowest BCUT2D eigenvalue weighted by Crippen LogP contribution is -2.33. The van der Waals surface area contributed by atoms with Crippen LogP contribution in [0.15, 0.2) is 12.1 Å². The Kier molecular flexibility index (Phi) is 5.59. The zero-order valence-corrected chi connectivity index (χ0v) is 13.5. The predicted octanol–water partition coefficient (Wildman–Crippen LogP) is 3.34. The van der Waals surface area contributed by atoms with Gasteiger partial charge in [0.25, 0.3) is 5.91 Å². The van der Waals surface area contributed by atoms with Crippen LogP contribution in [0.4, 0.5) is 5.82 Å². The first-order valence-corrected chi connectivity index (χ1v) is 8.15. The minimum absolute atomic E-state index is 0.153. The normalized spacial score (nSPS) is 14.0. The van der Waals surface area contributed by atoms with Gasteiger partial charge in [0, 0.05) is 31.4 Å². The van der Waals surface area contributed by atoms with Gasteiger partial charge in [0.2, 0.25) is 0 Å². The van der Waals surface area contributed by atoms with Gasteiger partial charge in [-0.2, -0.15) is 0 Å². The molecule has 1 aliphatic carbocycles. The van der Waals surface area contributed by atoms with Crippen molar-refractivity contribution >= 4 is 11.7 Å². The maximum atomic E-state index is 12.8. The van der Waals surface area contributed by atoms with Crippen LogP contribution >= 0.6 is 0 Å². The third-order valence-corrected chi connectivity index (χ3v) is 3.84. The lowest BCUT2D eigenvalue weighted by atomic mass is 10.1. The highest BCUT2D eigenvalue weighted by atomic mass is 16.2. The molecule has 1 aromatic rings. The van der Waals surface area contributed by atoms with E-state index in [1.807, 2.05) is 24.1 Å². The van der Waals surface area contributed by atoms with E-state index in [-0.39, 0.29) is 5.91 Å². The molecule has 0 aromatic carbocycles. The van der Waals surface area contributed by atoms with E-state index in [0.717, 1.165) is 55.3 Å². The fourth-order valence-corrected chi connectivity index (χ4v) is 2.56. The molecule has 0 spiro atoms. The van der Waals surface area contributed by atoms with Crippen LogP contribution in [0, 0.1) is 5.92 Å². The van der Waals surface area contributed by atoms with Crippen molar-refractivity contribution in [1.82, 2.24) is 9.88 Å². The number of hydrogen-bond acceptors (Lipinski definition) is 3. The van der Waals surface area contributed by atoms with E-state index in [1.54, 1.807) is 0 Å². The fourth-order valence-electron chi connectivity index (χ4n) is 2.56. The molecule has 116 valence electrons. The van der Waals surface area contributed by atoms with E-state index in [2.05, 4.69) is 24.1 Å². The van der Waals surface area contributed by atoms with Crippen molar-refractivity contribution in [3.63, 3.8) is 0 Å². The maximum absolute atomic E-state index is 12.8. The molecule has 0 radical (unpaired) electrons. The van der Waals surface area contributed by atoms with Gasteiger partial charge in [-0.3, -0.25) is 4.79 Å². The first kappa shape index (κ1) is 15.8. The number of aromatic nitrogens is 1. The molecule has 0 unspecified atom stereocenters. The van der Waals surface area contributed by atoms with E-state index in [1.165, 1.54) is 12.8 Å². The van der Waals surface area contributed by atoms with Gasteiger partial charge in [-0.1, -0.05) is 20.3 Å². The van der Waals surface area contributed by atoms with Crippen LogP contribution in [-0.4, -0.2) is 35.9 Å². The van der Waals surface area contributed by atoms with Crippen LogP contribution in [0.5, 0.6) is 0 Å². The highest BCUT2D eigenvalue weighted by Crippen LogP contribution is 2.30. The van der Waals surface area contributed by atoms with Crippen molar-refractivity contribution in [2.75, 3.05) is 25.5 Å². The Balaban J connectivity index is 2.19. The Morgan fingerprint density at radius 1 is 1.33 bits per heavy atom. The molecule has 1 heterocycles. The summed E-state index contributed by atoms with van der Waals surface area (Å²) in [5, 5.41) is 3.06. The molecular formula is C17H27N3O. The molecule has 1 saturated carbocycles. The van der Waals surface area contributed by atoms with Crippen molar-refractivity contribution in [3.8, 4) is 0 Å². The zero-order valence-electron chi connectivity index (χ0n) is 13.5. The Hall–Kier alpha value is -1.58. The predicted molar refractivity (Wildman–Crippen MR) is 86.7 cm³/mol. The molecule has 4 heteroatoms. The number of hydrogen-bond donors (Lipinski definition) is 1. The average Bonchev–Trinajstić information content (AvgIpc) is 3.30. The van der Waals surface area contributed by atoms with Crippen molar-refractivity contribution in [1.29, 1.82) is 0 Å². The first-order valence-electron chi connectivity index (χ1n) is 8.15. The maximum Gasteiger partial charge on any atom is 0.254 e. The molecule has 0 bridgehead atoms. The minimum atomic E-state index is 0.153. The van der Waals surface area contributed by atoms with E-state index in [4.69, 9.17) is 0 Å². The summed E-state index contributed by atoms with van der Waals surface area (Å²) in [6, 6.07) is 3.83. The minimum Gasteiger partial charge on any atom is -0.373 e. The van der Waals surface area contributed by atoms with Gasteiger partial charge in [0.1, 0.15) is 5.82 Å². The van der Waals surface area contributed by atoms with Crippen molar-refractivity contribution in [3.05, 3.63) is 23.4 Å². The third-order valence-electron chi connectivity index (χ3n) is 3.84. The van der Waals surface area contributed by atoms with Crippen LogP contribution in [0.1, 0.15) is 55.6 Å². The van der Waals surface area contributed by atoms with Gasteiger partial charge >= 0.3 is 0 Å². The van der Waals surface area contributed by atoms with E-state index in [9.17, 15) is 4.79 Å². The summed E-state index contributed by atoms with van der Waals surface area (Å²) in [6.45, 7) is 6.01.